The smallest absolute Gasteiger partial charge is 0.268 e. The first-order chi connectivity index (χ1) is 62.2. The number of pyridine rings is 2. The third-order valence-electron chi connectivity index (χ3n) is 22.2. The molecule has 30 nitrogen and oxygen atoms in total. The van der Waals surface area contributed by atoms with Gasteiger partial charge in [0, 0.05) is 95.4 Å². The molecular formula is C98H96FN15O15S. The van der Waals surface area contributed by atoms with Gasteiger partial charge in [-0.25, -0.2) is 9.37 Å². The van der Waals surface area contributed by atoms with Gasteiger partial charge in [-0.3, -0.25) is 39.2 Å². The van der Waals surface area contributed by atoms with E-state index >= 15 is 0 Å². The summed E-state index contributed by atoms with van der Waals surface area (Å²) in [5.41, 5.74) is 10.8. The van der Waals surface area contributed by atoms with Crippen LogP contribution < -0.4 is 31.4 Å². The van der Waals surface area contributed by atoms with Crippen molar-refractivity contribution in [3.05, 3.63) is 300 Å². The number of aromatic nitrogens is 6. The number of allylic oxidation sites excluding steroid dienone is 4. The Labute approximate surface area is 752 Å². The molecule has 3 aliphatic carbocycles. The second-order valence-corrected chi connectivity index (χ2v) is 33.5. The quantitative estimate of drug-likeness (QED) is 0.00760. The SMILES string of the molecule is CC1(C)CC(CCc2cccnc2)=CC(=C(C#N)C#N)C1.CCC(=O)[C@]1(O)Cc2c(O)c3c(c(O)c2[C@@H](OC2CC(N)C(O)C(C)O2)C1)C(=O)c1c(OC)cccc1C3=O.Cc1nc(COc2ccc(F)cc2C(=O)c2cc(C#N)c(=O)n(C(C)C)c2)nc(Nc2ccccc2C)n1.N=C(N=Nc1c(O)n(Cc2ccccc2)c2ccccc12)SCC(=O)Nc1ccccc1. The van der Waals surface area contributed by atoms with Crippen molar-refractivity contribution in [2.24, 2.45) is 21.4 Å². The molecule has 4 aliphatic rings. The van der Waals surface area contributed by atoms with Gasteiger partial charge in [0.25, 0.3) is 5.56 Å². The minimum absolute atomic E-state index is 0.0119. The Morgan fingerprint density at radius 3 is 2.20 bits per heavy atom. The molecular weight excluding hydrogens is 1680 g/mol. The zero-order valence-corrected chi connectivity index (χ0v) is 73.6. The van der Waals surface area contributed by atoms with Gasteiger partial charge in [-0.05, 0) is 149 Å². The Kier molecular flexibility index (Phi) is 30.5. The highest BCUT2D eigenvalue weighted by atomic mass is 32.2. The summed E-state index contributed by atoms with van der Waals surface area (Å²) in [6, 6.07) is 52.3. The van der Waals surface area contributed by atoms with E-state index in [0.717, 1.165) is 76.8 Å². The molecule has 4 aromatic heterocycles. The Morgan fingerprint density at radius 1 is 0.815 bits per heavy atom. The van der Waals surface area contributed by atoms with Crippen LogP contribution in [0.1, 0.15) is 185 Å². The summed E-state index contributed by atoms with van der Waals surface area (Å²) in [7, 11) is 1.34. The zero-order valence-electron chi connectivity index (χ0n) is 72.7. The number of para-hydroxylation sites is 3. The molecule has 1 amide bonds. The Morgan fingerprint density at radius 2 is 1.52 bits per heavy atom. The van der Waals surface area contributed by atoms with Crippen LogP contribution in [0.15, 0.2) is 220 Å². The third-order valence-corrected chi connectivity index (χ3v) is 22.9. The van der Waals surface area contributed by atoms with Gasteiger partial charge in [-0.15, -0.1) is 10.2 Å². The number of amides is 1. The number of rotatable bonds is 22. The molecule has 0 radical (unpaired) electrons. The summed E-state index contributed by atoms with van der Waals surface area (Å²) in [6.07, 6.45) is 6.26. The Bertz CT molecular complexity index is 6430. The summed E-state index contributed by atoms with van der Waals surface area (Å²) in [5.74, 6) is -3.32. The van der Waals surface area contributed by atoms with Crippen molar-refractivity contribution in [3.8, 4) is 47.1 Å². The first-order valence-electron chi connectivity index (χ1n) is 41.7. The molecule has 7 aromatic carbocycles. The van der Waals surface area contributed by atoms with E-state index in [1.54, 1.807) is 57.5 Å². The van der Waals surface area contributed by atoms with E-state index in [1.165, 1.54) is 65.4 Å². The molecule has 0 bridgehead atoms. The average molecular weight is 1780 g/mol. The number of nitrogens with two attached hydrogens (primary N) is 1. The van der Waals surface area contributed by atoms with Gasteiger partial charge in [0.1, 0.15) is 76.2 Å². The number of benzene rings is 7. The number of nitrogens with zero attached hydrogens (tertiary/aromatic N) is 11. The van der Waals surface area contributed by atoms with Crippen LogP contribution in [0.4, 0.5) is 27.4 Å². The number of azo groups is 1. The second-order valence-electron chi connectivity index (χ2n) is 32.5. The number of hydrogen-bond acceptors (Lipinski definition) is 27. The van der Waals surface area contributed by atoms with Crippen LogP contribution in [0.3, 0.4) is 0 Å². The van der Waals surface area contributed by atoms with Crippen molar-refractivity contribution >= 4 is 79.9 Å². The highest BCUT2D eigenvalue weighted by Crippen LogP contribution is 2.53. The van der Waals surface area contributed by atoms with E-state index < -0.39 is 99.8 Å². The number of phenolic OH excluding ortho intramolecular Hbond substituents is 2. The van der Waals surface area contributed by atoms with Crippen LogP contribution in [0, 0.1) is 64.5 Å². The molecule has 10 N–H and O–H groups in total. The highest BCUT2D eigenvalue weighted by molar-refractivity contribution is 8.14. The number of aliphatic hydroxyl groups is 2. The molecule has 130 heavy (non-hydrogen) atoms. The number of fused-ring (bicyclic) bond motifs is 4. The Balaban J connectivity index is 0.000000160. The first-order valence-corrected chi connectivity index (χ1v) is 42.7. The van der Waals surface area contributed by atoms with E-state index in [-0.39, 0.29) is 116 Å². The number of carbonyl (C=O) groups excluding carboxylic acids is 5. The fourth-order valence-electron chi connectivity index (χ4n) is 15.9. The summed E-state index contributed by atoms with van der Waals surface area (Å²) >= 11 is 0.966. The number of methoxy groups -OCH3 is 1. The molecule has 1 fully saturated rings. The van der Waals surface area contributed by atoms with E-state index in [0.29, 0.717) is 35.5 Å². The number of hydrogen-bond donors (Lipinski definition) is 9. The number of halogens is 1. The fraction of sp³-hybridized carbons (Fsp3) is 0.286. The lowest BCUT2D eigenvalue weighted by Crippen LogP contribution is -2.52. The van der Waals surface area contributed by atoms with Crippen molar-refractivity contribution in [1.29, 1.82) is 21.2 Å². The molecule has 32 heteroatoms. The average Bonchev–Trinajstić information content (AvgIpc) is 0.953. The summed E-state index contributed by atoms with van der Waals surface area (Å²) in [4.78, 5) is 95.1. The number of ether oxygens (including phenoxy) is 4. The number of nitriles is 3. The number of aliphatic hydroxyl groups excluding tert-OH is 1. The lowest BCUT2D eigenvalue weighted by atomic mass is 9.71. The number of Topliss-reactive ketones (excluding diaryl/α,β-unsaturated/α-hetero) is 1. The maximum Gasteiger partial charge on any atom is 0.268 e. The van der Waals surface area contributed by atoms with Crippen LogP contribution in [-0.4, -0.2) is 132 Å². The van der Waals surface area contributed by atoms with E-state index in [2.05, 4.69) is 66.8 Å². The number of nitrogens with one attached hydrogen (secondary N) is 3. The lowest BCUT2D eigenvalue weighted by Gasteiger charge is -2.42. The van der Waals surface area contributed by atoms with Gasteiger partial charge in [0.15, 0.2) is 35.2 Å². The molecule has 0 saturated carbocycles. The monoisotopic (exact) mass is 1770 g/mol. The number of anilines is 3. The van der Waals surface area contributed by atoms with Crippen LogP contribution in [0.25, 0.3) is 10.9 Å². The molecule has 0 spiro atoms. The number of aryl methyl sites for hydroxylation is 3. The number of carbonyl (C=O) groups is 5. The molecule has 1 saturated heterocycles. The minimum atomic E-state index is -1.99. The molecule has 4 unspecified atom stereocenters. The second kappa shape index (κ2) is 41.9. The molecule has 6 atom stereocenters. The van der Waals surface area contributed by atoms with E-state index in [4.69, 9.17) is 40.6 Å². The number of phenols is 2. The summed E-state index contributed by atoms with van der Waals surface area (Å²) in [6.45, 7) is 15.1. The minimum Gasteiger partial charge on any atom is -0.507 e. The van der Waals surface area contributed by atoms with Gasteiger partial charge in [0.2, 0.25) is 28.7 Å². The Hall–Kier alpha value is -14.6. The molecule has 15 rings (SSSR count). The molecule has 5 heterocycles. The highest BCUT2D eigenvalue weighted by Gasteiger charge is 2.50. The zero-order chi connectivity index (χ0) is 93.4. The van der Waals surface area contributed by atoms with Crippen molar-refractivity contribution in [3.63, 3.8) is 0 Å². The van der Waals surface area contributed by atoms with Gasteiger partial charge in [0.05, 0.1) is 65.5 Å². The van der Waals surface area contributed by atoms with E-state index in [1.807, 2.05) is 134 Å². The lowest BCUT2D eigenvalue weighted by molar-refractivity contribution is -0.247. The predicted molar refractivity (Wildman–Crippen MR) is 485 cm³/mol. The third kappa shape index (κ3) is 22.2. The van der Waals surface area contributed by atoms with Crippen molar-refractivity contribution in [2.45, 2.75) is 162 Å². The number of aromatic hydroxyl groups is 3. The number of amidine groups is 1. The summed E-state index contributed by atoms with van der Waals surface area (Å²) in [5, 5.41) is 105. The first kappa shape index (κ1) is 94.6. The largest absolute Gasteiger partial charge is 0.507 e. The number of ketones is 4. The topological polar surface area (TPSA) is 472 Å². The van der Waals surface area contributed by atoms with Crippen LogP contribution >= 0.6 is 11.8 Å². The fourth-order valence-corrected chi connectivity index (χ4v) is 16.3. The van der Waals surface area contributed by atoms with Crippen molar-refractivity contribution in [2.75, 3.05) is 23.5 Å². The molecule has 1 aliphatic heterocycles. The van der Waals surface area contributed by atoms with E-state index in [9.17, 15) is 64.0 Å². The van der Waals surface area contributed by atoms with Crippen LogP contribution in [0.5, 0.6) is 28.9 Å². The van der Waals surface area contributed by atoms with Crippen molar-refractivity contribution < 1.29 is 72.8 Å². The molecule has 666 valence electrons. The van der Waals surface area contributed by atoms with Gasteiger partial charge in [-0.1, -0.05) is 147 Å². The van der Waals surface area contributed by atoms with Gasteiger partial charge >= 0.3 is 0 Å². The van der Waals surface area contributed by atoms with Crippen LogP contribution in [-0.2, 0) is 45.1 Å². The standard InChI is InChI=1S/C28H25FN6O3.C28H31NO10.C24H21N5O2S.C18H19N3/c1-16(2)35-14-20(11-19(13-30)27(35)37)26(36)22-12-21(29)9-10-24(22)38-15-25-31-18(4)32-28(34-25)33-23-8-6-5-7-17(23)3;1-4-17(30)28(36)9-13-20(16(10-28)39-18-8-14(29)23(31)11(2)38-18)27(35)22-21(25(13)33)24(32)12-6-5-7-15(37-3)19(12)26(22)34;25-24(32-16-21(30)26-18-11-5-2-6-12-18)28-27-22-19-13-7-8-14-20(19)29(23(22)31)15-17-9-3-1-4-10-17;1-18(2)9-15(6-5-14-4-3-7-21-13-14)8-16(10-18)17(11-19)12-20/h5-12,14,16H,15H2,1-4H3,(H,31,32,33,34);5-7,11,14,16,18,23,31,33,35-36H,4,8-10,29H2,1-3H3;1-14,25,31H,15-16H2,(H,26,30);3-4,7-8,13H,5-6,9-10H2,1-2H3/t;11?,14?,16-,18?,23?,28-;;/m.0../s1. The van der Waals surface area contributed by atoms with Gasteiger partial charge < -0.3 is 70.0 Å². The normalized spacial score (nSPS) is 17.5. The number of thioether (sulfide) groups is 1. The van der Waals surface area contributed by atoms with Gasteiger partial charge in [-0.2, -0.15) is 25.8 Å². The van der Waals surface area contributed by atoms with Crippen molar-refractivity contribution in [1.82, 2.24) is 29.1 Å². The maximum atomic E-state index is 14.2. The summed E-state index contributed by atoms with van der Waals surface area (Å²) < 4.78 is 40.3. The van der Waals surface area contributed by atoms with Crippen LogP contribution in [0.2, 0.25) is 0 Å². The predicted octanol–water partition coefficient (Wildman–Crippen LogP) is 16.1. The molecule has 11 aromatic rings. The maximum absolute atomic E-state index is 14.2.